The van der Waals surface area contributed by atoms with E-state index in [0.717, 1.165) is 24.8 Å². The molecule has 0 spiro atoms. The first kappa shape index (κ1) is 37.2. The highest BCUT2D eigenvalue weighted by atomic mass is 16.7. The minimum Gasteiger partial charge on any atom is -0.494 e. The zero-order valence-electron chi connectivity index (χ0n) is 30.5. The summed E-state index contributed by atoms with van der Waals surface area (Å²) < 4.78 is 24.9. The molecule has 1 aromatic rings. The van der Waals surface area contributed by atoms with Gasteiger partial charge in [-0.3, -0.25) is 19.2 Å². The summed E-state index contributed by atoms with van der Waals surface area (Å²) in [5, 5.41) is 17.2. The van der Waals surface area contributed by atoms with Gasteiger partial charge in [-0.05, 0) is 74.1 Å². The van der Waals surface area contributed by atoms with Crippen molar-refractivity contribution in [2.75, 3.05) is 25.6 Å². The summed E-state index contributed by atoms with van der Waals surface area (Å²) in [4.78, 5) is 51.6. The first-order valence-electron chi connectivity index (χ1n) is 18.3. The van der Waals surface area contributed by atoms with Crippen LogP contribution in [0.1, 0.15) is 73.1 Å². The lowest BCUT2D eigenvalue weighted by Gasteiger charge is -2.59. The van der Waals surface area contributed by atoms with E-state index in [0.29, 0.717) is 36.4 Å². The first-order chi connectivity index (χ1) is 24.2. The number of anilines is 1. The van der Waals surface area contributed by atoms with Crippen LogP contribution < -0.4 is 25.8 Å². The van der Waals surface area contributed by atoms with Crippen molar-refractivity contribution in [3.63, 3.8) is 0 Å². The predicted octanol–water partition coefficient (Wildman–Crippen LogP) is 3.85. The molecule has 5 aliphatic rings. The number of fused-ring (bicyclic) bond motifs is 7. The number of carbonyl (C=O) groups is 4. The fourth-order valence-electron chi connectivity index (χ4n) is 9.91. The van der Waals surface area contributed by atoms with Gasteiger partial charge < -0.3 is 40.4 Å². The summed E-state index contributed by atoms with van der Waals surface area (Å²) in [6.45, 7) is 9.36. The molecule has 2 amide bonds. The molecular formula is C39H53N3O9. The number of benzene rings is 1. The Kier molecular flexibility index (Phi) is 10.3. The van der Waals surface area contributed by atoms with Crippen LogP contribution in [0.5, 0.6) is 11.5 Å². The summed E-state index contributed by atoms with van der Waals surface area (Å²) in [7, 11) is 1.46. The topological polar surface area (TPSA) is 176 Å². The van der Waals surface area contributed by atoms with Gasteiger partial charge in [-0.2, -0.15) is 0 Å². The monoisotopic (exact) mass is 707 g/mol. The van der Waals surface area contributed by atoms with Crippen LogP contribution in [0.25, 0.3) is 0 Å². The predicted molar refractivity (Wildman–Crippen MR) is 189 cm³/mol. The van der Waals surface area contributed by atoms with Crippen LogP contribution in [0.4, 0.5) is 5.69 Å². The average molecular weight is 708 g/mol. The Morgan fingerprint density at radius 3 is 2.67 bits per heavy atom. The molecule has 51 heavy (non-hydrogen) atoms. The number of ketones is 2. The maximum atomic E-state index is 14.6. The van der Waals surface area contributed by atoms with Crippen LogP contribution in [0, 0.1) is 34.5 Å². The molecule has 1 aliphatic heterocycles. The van der Waals surface area contributed by atoms with Crippen LogP contribution >= 0.6 is 0 Å². The smallest absolute Gasteiger partial charge is 0.243 e. The van der Waals surface area contributed by atoms with Crippen molar-refractivity contribution in [1.29, 1.82) is 0 Å². The van der Waals surface area contributed by atoms with Crippen molar-refractivity contribution in [1.82, 2.24) is 5.32 Å². The maximum Gasteiger partial charge on any atom is 0.243 e. The number of nitrogens with two attached hydrogens (primary N) is 1. The molecule has 1 heterocycles. The molecule has 278 valence electrons. The van der Waals surface area contributed by atoms with Gasteiger partial charge >= 0.3 is 0 Å². The van der Waals surface area contributed by atoms with Crippen molar-refractivity contribution >= 4 is 29.1 Å². The van der Waals surface area contributed by atoms with Gasteiger partial charge in [0, 0.05) is 22.8 Å². The van der Waals surface area contributed by atoms with Crippen molar-refractivity contribution < 1.29 is 43.2 Å². The van der Waals surface area contributed by atoms with E-state index in [1.54, 1.807) is 30.4 Å². The zero-order chi connectivity index (χ0) is 36.9. The SMILES string of the molecule is CCCC1OC2CC3C4CCC5=CC(=O)C=CC5(C)C4C(O)CC3(C)C2(C(=O)COc2ccc(NC(=O)CNC(=O)C(N)C(C)C)c(OC)c2)O1. The third-order valence-electron chi connectivity index (χ3n) is 12.5. The summed E-state index contributed by atoms with van der Waals surface area (Å²) in [5.41, 5.74) is 4.85. The molecule has 12 nitrogen and oxygen atoms in total. The fourth-order valence-corrected chi connectivity index (χ4v) is 9.91. The van der Waals surface area contributed by atoms with E-state index in [4.69, 9.17) is 24.7 Å². The van der Waals surface area contributed by atoms with E-state index in [1.165, 1.54) is 7.11 Å². The normalized spacial score (nSPS) is 35.5. The number of amides is 2. The lowest BCUT2D eigenvalue weighted by molar-refractivity contribution is -0.200. The van der Waals surface area contributed by atoms with Crippen LogP contribution in [-0.4, -0.2) is 78.9 Å². The molecule has 4 fully saturated rings. The van der Waals surface area contributed by atoms with E-state index in [-0.39, 0.29) is 48.4 Å². The molecule has 4 aliphatic carbocycles. The number of ether oxygens (including phenoxy) is 4. The van der Waals surface area contributed by atoms with Gasteiger partial charge in [-0.15, -0.1) is 0 Å². The lowest BCUT2D eigenvalue weighted by Crippen LogP contribution is -2.63. The summed E-state index contributed by atoms with van der Waals surface area (Å²) in [6, 6.07) is 4.10. The van der Waals surface area contributed by atoms with Crippen LogP contribution in [0.15, 0.2) is 42.0 Å². The lowest BCUT2D eigenvalue weighted by atomic mass is 9.46. The molecule has 1 saturated heterocycles. The largest absolute Gasteiger partial charge is 0.494 e. The average Bonchev–Trinajstić information content (AvgIpc) is 3.58. The third-order valence-corrected chi connectivity index (χ3v) is 12.5. The maximum absolute atomic E-state index is 14.6. The van der Waals surface area contributed by atoms with Gasteiger partial charge in [-0.25, -0.2) is 0 Å². The first-order valence-corrected chi connectivity index (χ1v) is 18.3. The second-order valence-corrected chi connectivity index (χ2v) is 15.8. The number of carbonyl (C=O) groups excluding carboxylic acids is 4. The minimum absolute atomic E-state index is 0.00935. The number of aliphatic hydroxyl groups excluding tert-OH is 1. The Bertz CT molecular complexity index is 1620. The molecular weight excluding hydrogens is 654 g/mol. The number of methoxy groups -OCH3 is 1. The quantitative estimate of drug-likeness (QED) is 0.250. The minimum atomic E-state index is -1.31. The van der Waals surface area contributed by atoms with E-state index >= 15 is 0 Å². The van der Waals surface area contributed by atoms with Gasteiger partial charge in [-0.1, -0.05) is 52.7 Å². The number of Topliss-reactive ketones (excluding diaryl/α,β-unsaturated/α-hetero) is 1. The standard InChI is InChI=1S/C39H53N3O9/c1-7-8-33-50-31-17-26-25-11-9-22-15-23(43)13-14-37(22,4)34(25)28(44)18-38(26,5)39(31,51-33)30(45)20-49-24-10-12-27(29(16-24)48-6)42-32(46)19-41-36(47)35(40)21(2)3/h10,12-16,21,25-26,28,31,33-35,44H,7-9,11,17-20,40H2,1-6H3,(H,41,47)(H,42,46). The number of nitrogens with one attached hydrogen (secondary N) is 2. The van der Waals surface area contributed by atoms with Crippen LogP contribution in [0.3, 0.4) is 0 Å². The Morgan fingerprint density at radius 2 is 1.96 bits per heavy atom. The molecule has 6 rings (SSSR count). The molecule has 0 radical (unpaired) electrons. The van der Waals surface area contributed by atoms with Gasteiger partial charge in [0.2, 0.25) is 17.6 Å². The molecule has 5 N–H and O–H groups in total. The zero-order valence-corrected chi connectivity index (χ0v) is 30.5. The number of aliphatic hydroxyl groups is 1. The van der Waals surface area contributed by atoms with Gasteiger partial charge in [0.25, 0.3) is 0 Å². The number of hydrogen-bond donors (Lipinski definition) is 4. The number of rotatable bonds is 12. The van der Waals surface area contributed by atoms with Crippen molar-refractivity contribution in [3.8, 4) is 11.5 Å². The molecule has 3 saturated carbocycles. The van der Waals surface area contributed by atoms with Crippen LogP contribution in [-0.2, 0) is 28.7 Å². The fraction of sp³-hybridized carbons (Fsp3) is 0.641. The molecule has 0 aromatic heterocycles. The van der Waals surface area contributed by atoms with E-state index < -0.39 is 52.8 Å². The van der Waals surface area contributed by atoms with E-state index in [9.17, 15) is 24.3 Å². The van der Waals surface area contributed by atoms with E-state index in [1.807, 2.05) is 26.8 Å². The Morgan fingerprint density at radius 1 is 1.20 bits per heavy atom. The molecule has 12 heteroatoms. The third kappa shape index (κ3) is 6.32. The van der Waals surface area contributed by atoms with Gasteiger partial charge in [0.05, 0.1) is 37.6 Å². The van der Waals surface area contributed by atoms with Crippen molar-refractivity contribution in [3.05, 3.63) is 42.0 Å². The molecule has 10 atom stereocenters. The molecule has 10 unspecified atom stereocenters. The Labute approximate surface area is 299 Å². The highest BCUT2D eigenvalue weighted by Gasteiger charge is 2.75. The number of hydrogen-bond acceptors (Lipinski definition) is 10. The number of allylic oxidation sites excluding steroid dienone is 4. The second-order valence-electron chi connectivity index (χ2n) is 15.8. The molecule has 1 aromatic carbocycles. The Hall–Kier alpha value is -3.58. The van der Waals surface area contributed by atoms with Crippen molar-refractivity contribution in [2.45, 2.75) is 103 Å². The summed E-state index contributed by atoms with van der Waals surface area (Å²) >= 11 is 0. The van der Waals surface area contributed by atoms with Gasteiger partial charge in [0.15, 0.2) is 17.7 Å². The van der Waals surface area contributed by atoms with Gasteiger partial charge in [0.1, 0.15) is 18.1 Å². The Balaban J connectivity index is 1.19. The molecule has 0 bridgehead atoms. The highest BCUT2D eigenvalue weighted by Crippen LogP contribution is 2.69. The van der Waals surface area contributed by atoms with Crippen LogP contribution in [0.2, 0.25) is 0 Å². The summed E-state index contributed by atoms with van der Waals surface area (Å²) in [5.74, 6) is -0.448. The summed E-state index contributed by atoms with van der Waals surface area (Å²) in [6.07, 6.45) is 7.67. The second kappa shape index (κ2) is 14.1. The van der Waals surface area contributed by atoms with Crippen molar-refractivity contribution in [2.24, 2.45) is 40.2 Å². The highest BCUT2D eigenvalue weighted by molar-refractivity contribution is 6.01. The van der Waals surface area contributed by atoms with E-state index in [2.05, 4.69) is 24.5 Å².